The maximum absolute atomic E-state index is 14.1. The summed E-state index contributed by atoms with van der Waals surface area (Å²) in [5.41, 5.74) is -0.173. The Balaban J connectivity index is 1.41. The summed E-state index contributed by atoms with van der Waals surface area (Å²) < 4.78 is 52.8. The van der Waals surface area contributed by atoms with Crippen LogP contribution in [0.1, 0.15) is 28.8 Å². The third-order valence-electron chi connectivity index (χ3n) is 6.66. The zero-order valence-corrected chi connectivity index (χ0v) is 18.2. The average Bonchev–Trinajstić information content (AvgIpc) is 3.44. The van der Waals surface area contributed by atoms with Crippen LogP contribution in [0.2, 0.25) is 0 Å². The molecule has 5 rings (SSSR count). The molecule has 6 nitrogen and oxygen atoms in total. The molecule has 0 N–H and O–H groups in total. The minimum Gasteiger partial charge on any atom is -0.355 e. The molecule has 3 unspecified atom stereocenters. The second-order valence-electron chi connectivity index (χ2n) is 8.71. The Labute approximate surface area is 193 Å². The maximum Gasteiger partial charge on any atom is 0.417 e. The van der Waals surface area contributed by atoms with Crippen molar-refractivity contribution in [2.24, 2.45) is 5.92 Å². The van der Waals surface area contributed by atoms with E-state index in [1.807, 2.05) is 4.90 Å². The summed E-state index contributed by atoms with van der Waals surface area (Å²) in [5, 5.41) is 0. The number of alkyl halides is 3. The minimum absolute atomic E-state index is 0.114. The van der Waals surface area contributed by atoms with Crippen molar-refractivity contribution in [2.45, 2.75) is 31.1 Å². The van der Waals surface area contributed by atoms with E-state index in [1.165, 1.54) is 24.3 Å². The molecular formula is C24H21F4N5O. The van der Waals surface area contributed by atoms with Crippen LogP contribution in [-0.4, -0.2) is 51.4 Å². The Morgan fingerprint density at radius 2 is 1.85 bits per heavy atom. The normalized spacial score (nSPS) is 21.7. The SMILES string of the molecule is CN(c1ccc(C(F)(F)F)cn1)C1CC2CC1N(C(=O)c1cc(F)ccc1-c1ncccn1)C2. The largest absolute Gasteiger partial charge is 0.417 e. The zero-order valence-electron chi connectivity index (χ0n) is 18.2. The molecular weight excluding hydrogens is 450 g/mol. The highest BCUT2D eigenvalue weighted by atomic mass is 19.4. The molecule has 0 radical (unpaired) electrons. The van der Waals surface area contributed by atoms with Gasteiger partial charge in [0.25, 0.3) is 5.91 Å². The Bertz CT molecular complexity index is 1200. The lowest BCUT2D eigenvalue weighted by molar-refractivity contribution is -0.137. The van der Waals surface area contributed by atoms with Crippen LogP contribution in [0.5, 0.6) is 0 Å². The van der Waals surface area contributed by atoms with Crippen molar-refractivity contribution in [3.8, 4) is 11.4 Å². The molecule has 1 aromatic carbocycles. The van der Waals surface area contributed by atoms with Crippen molar-refractivity contribution < 1.29 is 22.4 Å². The lowest BCUT2D eigenvalue weighted by atomic mass is 10.0. The fourth-order valence-corrected chi connectivity index (χ4v) is 5.05. The number of nitrogens with zero attached hydrogens (tertiary/aromatic N) is 5. The molecule has 34 heavy (non-hydrogen) atoms. The van der Waals surface area contributed by atoms with E-state index in [0.717, 1.165) is 25.1 Å². The number of hydrogen-bond donors (Lipinski definition) is 0. The van der Waals surface area contributed by atoms with Gasteiger partial charge in [0.2, 0.25) is 0 Å². The van der Waals surface area contributed by atoms with Crippen LogP contribution in [0.4, 0.5) is 23.4 Å². The number of piperidine rings is 1. The quantitative estimate of drug-likeness (QED) is 0.527. The molecule has 1 saturated carbocycles. The number of hydrogen-bond acceptors (Lipinski definition) is 5. The van der Waals surface area contributed by atoms with E-state index in [9.17, 15) is 22.4 Å². The summed E-state index contributed by atoms with van der Waals surface area (Å²) in [6.07, 6.45) is 1.05. The molecule has 2 aromatic heterocycles. The minimum atomic E-state index is -4.45. The van der Waals surface area contributed by atoms with Gasteiger partial charge in [-0.1, -0.05) is 0 Å². The van der Waals surface area contributed by atoms with Crippen LogP contribution in [0.3, 0.4) is 0 Å². The molecule has 1 amide bonds. The number of carbonyl (C=O) groups excluding carboxylic acids is 1. The molecule has 1 aliphatic carbocycles. The van der Waals surface area contributed by atoms with Gasteiger partial charge in [0.1, 0.15) is 11.6 Å². The second kappa shape index (κ2) is 8.34. The third kappa shape index (κ3) is 3.97. The number of aromatic nitrogens is 3. The van der Waals surface area contributed by atoms with Crippen molar-refractivity contribution in [2.75, 3.05) is 18.5 Å². The summed E-state index contributed by atoms with van der Waals surface area (Å²) in [5.74, 6) is 0.142. The van der Waals surface area contributed by atoms with Crippen molar-refractivity contribution in [1.29, 1.82) is 0 Å². The van der Waals surface area contributed by atoms with Gasteiger partial charge < -0.3 is 9.80 Å². The summed E-state index contributed by atoms with van der Waals surface area (Å²) in [6.45, 7) is 0.542. The highest BCUT2D eigenvalue weighted by molar-refractivity contribution is 6.00. The zero-order chi connectivity index (χ0) is 24.0. The molecule has 2 fully saturated rings. The number of halogens is 4. The number of amides is 1. The number of carbonyl (C=O) groups is 1. The molecule has 1 saturated heterocycles. The smallest absolute Gasteiger partial charge is 0.355 e. The number of benzene rings is 1. The summed E-state index contributed by atoms with van der Waals surface area (Å²) in [7, 11) is 1.77. The highest BCUT2D eigenvalue weighted by Gasteiger charge is 2.49. The van der Waals surface area contributed by atoms with Gasteiger partial charge in [-0.3, -0.25) is 4.79 Å². The third-order valence-corrected chi connectivity index (χ3v) is 6.66. The standard InChI is InChI=1S/C24H21F4N5O/c1-32(21-6-3-15(12-31-21)24(26,27)28)19-9-14-10-20(19)33(13-14)23(34)18-11-16(25)4-5-17(18)22-29-7-2-8-30-22/h2-8,11-12,14,19-20H,9-10,13H2,1H3. The molecule has 3 aromatic rings. The van der Waals surface area contributed by atoms with Gasteiger partial charge in [0.15, 0.2) is 5.82 Å². The first-order valence-electron chi connectivity index (χ1n) is 10.9. The Morgan fingerprint density at radius 1 is 1.09 bits per heavy atom. The lowest BCUT2D eigenvalue weighted by Gasteiger charge is -2.39. The van der Waals surface area contributed by atoms with E-state index >= 15 is 0 Å². The number of rotatable bonds is 4. The van der Waals surface area contributed by atoms with E-state index < -0.39 is 17.6 Å². The predicted octanol–water partition coefficient (Wildman–Crippen LogP) is 4.44. The summed E-state index contributed by atoms with van der Waals surface area (Å²) in [4.78, 5) is 29.6. The number of anilines is 1. The van der Waals surface area contributed by atoms with Gasteiger partial charge in [-0.25, -0.2) is 19.3 Å². The van der Waals surface area contributed by atoms with Gasteiger partial charge in [-0.2, -0.15) is 13.2 Å². The van der Waals surface area contributed by atoms with Crippen molar-refractivity contribution in [3.05, 3.63) is 71.9 Å². The first-order chi connectivity index (χ1) is 16.2. The van der Waals surface area contributed by atoms with Gasteiger partial charge >= 0.3 is 6.18 Å². The fraction of sp³-hybridized carbons (Fsp3) is 0.333. The van der Waals surface area contributed by atoms with Crippen molar-refractivity contribution >= 4 is 11.7 Å². The van der Waals surface area contributed by atoms with Gasteiger partial charge in [-0.05, 0) is 55.2 Å². The Hall–Kier alpha value is -3.56. The van der Waals surface area contributed by atoms with Crippen molar-refractivity contribution in [1.82, 2.24) is 19.9 Å². The molecule has 3 heterocycles. The van der Waals surface area contributed by atoms with E-state index in [4.69, 9.17) is 0 Å². The highest BCUT2D eigenvalue weighted by Crippen LogP contribution is 2.42. The van der Waals surface area contributed by atoms with Gasteiger partial charge in [0, 0.05) is 37.7 Å². The molecule has 2 aliphatic rings. The number of likely N-dealkylation sites (tertiary alicyclic amines) is 1. The Morgan fingerprint density at radius 3 is 2.50 bits per heavy atom. The molecule has 3 atom stereocenters. The number of likely N-dealkylation sites (N-methyl/N-ethyl adjacent to an activating group) is 1. The first kappa shape index (κ1) is 22.2. The van der Waals surface area contributed by atoms with E-state index in [2.05, 4.69) is 15.0 Å². The first-order valence-corrected chi connectivity index (χ1v) is 10.9. The Kier molecular flexibility index (Phi) is 5.45. The van der Waals surface area contributed by atoms with Crippen LogP contribution in [0.15, 0.2) is 55.0 Å². The number of pyridine rings is 1. The molecule has 1 aliphatic heterocycles. The van der Waals surface area contributed by atoms with Crippen molar-refractivity contribution in [3.63, 3.8) is 0 Å². The molecule has 2 bridgehead atoms. The number of fused-ring (bicyclic) bond motifs is 2. The molecule has 176 valence electrons. The topological polar surface area (TPSA) is 62.2 Å². The van der Waals surface area contributed by atoms with Gasteiger partial charge in [0.05, 0.1) is 23.2 Å². The van der Waals surface area contributed by atoms with Crippen LogP contribution in [-0.2, 0) is 6.18 Å². The monoisotopic (exact) mass is 471 g/mol. The lowest BCUT2D eigenvalue weighted by Crippen LogP contribution is -2.51. The van der Waals surface area contributed by atoms with Crippen LogP contribution in [0.25, 0.3) is 11.4 Å². The van der Waals surface area contributed by atoms with E-state index in [1.54, 1.807) is 30.4 Å². The van der Waals surface area contributed by atoms with E-state index in [-0.39, 0.29) is 29.5 Å². The van der Waals surface area contributed by atoms with Gasteiger partial charge in [-0.15, -0.1) is 0 Å². The van der Waals surface area contributed by atoms with Crippen LogP contribution in [0, 0.1) is 11.7 Å². The fourth-order valence-electron chi connectivity index (χ4n) is 5.05. The van der Waals surface area contributed by atoms with Crippen LogP contribution < -0.4 is 4.90 Å². The average molecular weight is 471 g/mol. The maximum atomic E-state index is 14.1. The van der Waals surface area contributed by atoms with Crippen LogP contribution >= 0.6 is 0 Å². The summed E-state index contributed by atoms with van der Waals surface area (Å²) in [6, 6.07) is 7.70. The predicted molar refractivity (Wildman–Crippen MR) is 116 cm³/mol. The second-order valence-corrected chi connectivity index (χ2v) is 8.71. The molecule has 10 heteroatoms. The van der Waals surface area contributed by atoms with E-state index in [0.29, 0.717) is 23.8 Å². The summed E-state index contributed by atoms with van der Waals surface area (Å²) >= 11 is 0. The molecule has 0 spiro atoms.